The van der Waals surface area contributed by atoms with Crippen LogP contribution in [0.2, 0.25) is 0 Å². The van der Waals surface area contributed by atoms with Gasteiger partial charge in [0.1, 0.15) is 12.4 Å². The van der Waals surface area contributed by atoms with E-state index in [1.807, 2.05) is 21.1 Å². The molecule has 0 aliphatic heterocycles. The molecule has 0 aliphatic carbocycles. The average molecular weight is 136 g/mol. The third kappa shape index (κ3) is 6.35. The third-order valence-electron chi connectivity index (χ3n) is 0.735. The molecule has 8 heavy (non-hydrogen) atoms. The molecule has 0 aliphatic rings. The lowest BCUT2D eigenvalue weighted by molar-refractivity contribution is -0.871. The molecule has 0 amide bonds. The minimum atomic E-state index is -0.269. The summed E-state index contributed by atoms with van der Waals surface area (Å²) >= 11 is 0. The number of aliphatic hydroxyl groups excluding tert-OH is 1. The maximum Gasteiger partial charge on any atom is 0.116 e. The van der Waals surface area contributed by atoms with Crippen molar-refractivity contribution in [2.24, 2.45) is 0 Å². The summed E-state index contributed by atoms with van der Waals surface area (Å²) in [6, 6.07) is 0. The van der Waals surface area contributed by atoms with Gasteiger partial charge in [-0.3, -0.25) is 0 Å². The van der Waals surface area contributed by atoms with Crippen LogP contribution in [0, 0.1) is 0 Å². The molecule has 0 bridgehead atoms. The summed E-state index contributed by atoms with van der Waals surface area (Å²) in [6.45, 7) is 0.782. The molecule has 0 heterocycles. The van der Waals surface area contributed by atoms with Crippen molar-refractivity contribution >= 4 is 9.24 Å². The van der Waals surface area contributed by atoms with Gasteiger partial charge in [0.25, 0.3) is 0 Å². The van der Waals surface area contributed by atoms with Gasteiger partial charge in [0.15, 0.2) is 0 Å². The maximum absolute atomic E-state index is 8.84. The second-order valence-electron chi connectivity index (χ2n) is 3.04. The topological polar surface area (TPSA) is 20.2 Å². The Bertz CT molecular complexity index is 67.3. The van der Waals surface area contributed by atoms with Gasteiger partial charge in [-0.25, -0.2) is 0 Å². The fraction of sp³-hybridized carbons (Fsp3) is 1.00. The van der Waals surface area contributed by atoms with Crippen LogP contribution in [0.1, 0.15) is 0 Å². The van der Waals surface area contributed by atoms with Crippen molar-refractivity contribution in [1.82, 2.24) is 0 Å². The van der Waals surface area contributed by atoms with Gasteiger partial charge in [0.05, 0.1) is 21.1 Å². The molecule has 2 unspecified atom stereocenters. The molecule has 0 aromatic heterocycles. The average Bonchev–Trinajstić information content (AvgIpc) is 1.21. The summed E-state index contributed by atoms with van der Waals surface area (Å²) in [7, 11) is 8.51. The van der Waals surface area contributed by atoms with Gasteiger partial charge >= 0.3 is 0 Å². The molecule has 0 radical (unpaired) electrons. The molecule has 0 rings (SSSR count). The summed E-state index contributed by atoms with van der Waals surface area (Å²) in [5, 5.41) is 8.84. The number of hydrogen-bond donors (Lipinski definition) is 1. The lowest BCUT2D eigenvalue weighted by Crippen LogP contribution is -2.39. The molecule has 0 saturated heterocycles. The molecule has 0 aromatic rings. The van der Waals surface area contributed by atoms with Gasteiger partial charge < -0.3 is 9.59 Å². The Balaban J connectivity index is 3.39. The van der Waals surface area contributed by atoms with E-state index in [0.29, 0.717) is 0 Å². The molecule has 0 fully saturated rings. The number of hydrogen-bond acceptors (Lipinski definition) is 1. The highest BCUT2D eigenvalue weighted by Gasteiger charge is 2.09. The first-order valence-corrected chi connectivity index (χ1v) is 3.32. The molecule has 2 nitrogen and oxygen atoms in total. The molecule has 0 spiro atoms. The van der Waals surface area contributed by atoms with Gasteiger partial charge in [0.2, 0.25) is 0 Å². The standard InChI is InChI=1S/C5H15NOP/c1-6(2,3)4-5(7)8/h5,7H,4,8H2,1-3H3/q+1. The van der Waals surface area contributed by atoms with E-state index >= 15 is 0 Å². The summed E-state index contributed by atoms with van der Waals surface area (Å²) in [5.74, 6) is -0.269. The zero-order valence-electron chi connectivity index (χ0n) is 5.76. The first kappa shape index (κ1) is 8.35. The third-order valence-corrected chi connectivity index (χ3v) is 0.946. The van der Waals surface area contributed by atoms with E-state index in [9.17, 15) is 0 Å². The number of quaternary nitrogens is 1. The molecule has 1 N–H and O–H groups in total. The predicted molar refractivity (Wildman–Crippen MR) is 38.6 cm³/mol. The highest BCUT2D eigenvalue weighted by molar-refractivity contribution is 7.17. The Labute approximate surface area is 53.3 Å². The van der Waals surface area contributed by atoms with Gasteiger partial charge in [0, 0.05) is 0 Å². The first-order valence-electron chi connectivity index (χ1n) is 2.66. The number of rotatable bonds is 2. The van der Waals surface area contributed by atoms with Crippen LogP contribution in [0.4, 0.5) is 0 Å². The lowest BCUT2D eigenvalue weighted by Gasteiger charge is -2.24. The number of aliphatic hydroxyl groups is 1. The summed E-state index contributed by atoms with van der Waals surface area (Å²) in [4.78, 5) is 0. The van der Waals surface area contributed by atoms with Crippen LogP contribution >= 0.6 is 9.24 Å². The van der Waals surface area contributed by atoms with E-state index in [0.717, 1.165) is 11.0 Å². The molecule has 0 aromatic carbocycles. The van der Waals surface area contributed by atoms with E-state index in [1.54, 1.807) is 0 Å². The zero-order chi connectivity index (χ0) is 6.78. The smallest absolute Gasteiger partial charge is 0.116 e. The summed E-state index contributed by atoms with van der Waals surface area (Å²) < 4.78 is 0.810. The second kappa shape index (κ2) is 2.77. The van der Waals surface area contributed by atoms with Crippen molar-refractivity contribution in [2.75, 3.05) is 27.7 Å². The molecule has 3 heteroatoms. The van der Waals surface area contributed by atoms with E-state index in [1.165, 1.54) is 0 Å². The molecule has 2 atom stereocenters. The van der Waals surface area contributed by atoms with E-state index in [-0.39, 0.29) is 5.85 Å². The maximum atomic E-state index is 8.84. The highest BCUT2D eigenvalue weighted by Crippen LogP contribution is 1.99. The SMILES string of the molecule is C[N+](C)(C)CC(O)P. The Morgan fingerprint density at radius 3 is 1.88 bits per heavy atom. The molecule has 0 saturated carbocycles. The van der Waals surface area contributed by atoms with E-state index in [2.05, 4.69) is 9.24 Å². The Morgan fingerprint density at radius 2 is 1.88 bits per heavy atom. The quantitative estimate of drug-likeness (QED) is 0.414. The van der Waals surface area contributed by atoms with Crippen molar-refractivity contribution in [3.8, 4) is 0 Å². The van der Waals surface area contributed by atoms with Crippen molar-refractivity contribution in [3.05, 3.63) is 0 Å². The Kier molecular flexibility index (Phi) is 2.89. The van der Waals surface area contributed by atoms with Gasteiger partial charge in [-0.1, -0.05) is 0 Å². The predicted octanol–water partition coefficient (Wildman–Crippen LogP) is -0.114. The van der Waals surface area contributed by atoms with Crippen LogP contribution in [0.3, 0.4) is 0 Å². The fourth-order valence-corrected chi connectivity index (χ4v) is 1.19. The monoisotopic (exact) mass is 136 g/mol. The lowest BCUT2D eigenvalue weighted by atomic mass is 10.5. The van der Waals surface area contributed by atoms with Gasteiger partial charge in [-0.2, -0.15) is 0 Å². The van der Waals surface area contributed by atoms with Crippen molar-refractivity contribution in [2.45, 2.75) is 5.85 Å². The van der Waals surface area contributed by atoms with Gasteiger partial charge in [-0.15, -0.1) is 9.24 Å². The largest absolute Gasteiger partial charge is 0.383 e. The van der Waals surface area contributed by atoms with Crippen LogP contribution in [0.5, 0.6) is 0 Å². The Hall–Kier alpha value is 0.350. The van der Waals surface area contributed by atoms with Crippen LogP contribution < -0.4 is 0 Å². The van der Waals surface area contributed by atoms with Crippen LogP contribution in [-0.4, -0.2) is 43.1 Å². The summed E-state index contributed by atoms with van der Waals surface area (Å²) in [5.41, 5.74) is 0. The first-order chi connectivity index (χ1) is 3.42. The normalized spacial score (nSPS) is 16.1. The molecular formula is C5H15NOP+. The van der Waals surface area contributed by atoms with Crippen LogP contribution in [0.25, 0.3) is 0 Å². The highest BCUT2D eigenvalue weighted by atomic mass is 31.0. The van der Waals surface area contributed by atoms with Gasteiger partial charge in [-0.05, 0) is 0 Å². The van der Waals surface area contributed by atoms with Crippen LogP contribution in [0.15, 0.2) is 0 Å². The zero-order valence-corrected chi connectivity index (χ0v) is 6.91. The van der Waals surface area contributed by atoms with Crippen molar-refractivity contribution < 1.29 is 9.59 Å². The van der Waals surface area contributed by atoms with Crippen LogP contribution in [-0.2, 0) is 0 Å². The van der Waals surface area contributed by atoms with E-state index in [4.69, 9.17) is 5.11 Å². The minimum absolute atomic E-state index is 0.269. The fourth-order valence-electron chi connectivity index (χ4n) is 0.561. The van der Waals surface area contributed by atoms with Crippen molar-refractivity contribution in [1.29, 1.82) is 0 Å². The number of likely N-dealkylation sites (N-methyl/N-ethyl adjacent to an activating group) is 1. The molecular weight excluding hydrogens is 121 g/mol. The van der Waals surface area contributed by atoms with Crippen molar-refractivity contribution in [3.63, 3.8) is 0 Å². The Morgan fingerprint density at radius 1 is 1.50 bits per heavy atom. The summed E-state index contributed by atoms with van der Waals surface area (Å²) in [6.07, 6.45) is 0. The second-order valence-corrected chi connectivity index (χ2v) is 3.81. The van der Waals surface area contributed by atoms with E-state index < -0.39 is 0 Å². The molecule has 50 valence electrons. The number of nitrogens with zero attached hydrogens (tertiary/aromatic N) is 1. The minimum Gasteiger partial charge on any atom is -0.383 e.